The molecule has 94 valence electrons. The molecule has 1 saturated heterocycles. The fourth-order valence-corrected chi connectivity index (χ4v) is 2.09. The van der Waals surface area contributed by atoms with Crippen LogP contribution in [0, 0.1) is 13.8 Å². The molecule has 0 unspecified atom stereocenters. The van der Waals surface area contributed by atoms with Crippen molar-refractivity contribution in [3.63, 3.8) is 0 Å². The van der Waals surface area contributed by atoms with Crippen molar-refractivity contribution in [2.45, 2.75) is 32.8 Å². The molecule has 2 rings (SSSR count). The first-order valence-corrected chi connectivity index (χ1v) is 6.30. The summed E-state index contributed by atoms with van der Waals surface area (Å²) in [6.45, 7) is 5.88. The average Bonchev–Trinajstić information content (AvgIpc) is 2.29. The minimum absolute atomic E-state index is 0.234. The number of hydrogen-bond donors (Lipinski definition) is 0. The molecule has 0 saturated carbocycles. The highest BCUT2D eigenvalue weighted by molar-refractivity contribution is 6.30. The van der Waals surface area contributed by atoms with Crippen molar-refractivity contribution < 1.29 is 4.74 Å². The second kappa shape index (κ2) is 5.19. The lowest BCUT2D eigenvalue weighted by Crippen LogP contribution is -2.36. The van der Waals surface area contributed by atoms with Gasteiger partial charge in [0, 0.05) is 13.1 Å². The number of nitrogens with zero attached hydrogens (tertiary/aromatic N) is 3. The van der Waals surface area contributed by atoms with Gasteiger partial charge < -0.3 is 9.64 Å². The van der Waals surface area contributed by atoms with Crippen LogP contribution in [0.3, 0.4) is 0 Å². The van der Waals surface area contributed by atoms with Crippen molar-refractivity contribution in [2.24, 2.45) is 0 Å². The Morgan fingerprint density at radius 3 is 2.47 bits per heavy atom. The SMILES string of the molecule is Cc1nc(C)c(OC2CCN(C)CC2)nc1Cl. The van der Waals surface area contributed by atoms with Gasteiger partial charge in [0.1, 0.15) is 6.10 Å². The lowest BCUT2D eigenvalue weighted by molar-refractivity contribution is 0.108. The van der Waals surface area contributed by atoms with E-state index in [0.717, 1.165) is 37.3 Å². The van der Waals surface area contributed by atoms with E-state index in [2.05, 4.69) is 21.9 Å². The third kappa shape index (κ3) is 3.07. The van der Waals surface area contributed by atoms with Crippen molar-refractivity contribution in [1.29, 1.82) is 0 Å². The van der Waals surface area contributed by atoms with Crippen LogP contribution in [0.25, 0.3) is 0 Å². The van der Waals surface area contributed by atoms with Gasteiger partial charge in [-0.2, -0.15) is 4.98 Å². The quantitative estimate of drug-likeness (QED) is 0.812. The van der Waals surface area contributed by atoms with E-state index in [-0.39, 0.29) is 6.10 Å². The number of aromatic nitrogens is 2. The Hall–Kier alpha value is -0.870. The zero-order valence-electron chi connectivity index (χ0n) is 10.5. The molecule has 2 heterocycles. The Labute approximate surface area is 107 Å². The molecule has 4 nitrogen and oxygen atoms in total. The van der Waals surface area contributed by atoms with Crippen molar-refractivity contribution in [3.05, 3.63) is 16.5 Å². The molecule has 1 aliphatic heterocycles. The highest BCUT2D eigenvalue weighted by atomic mass is 35.5. The van der Waals surface area contributed by atoms with Gasteiger partial charge in [0.05, 0.1) is 11.4 Å². The standard InChI is InChI=1S/C12H18ClN3O/c1-8-11(13)15-12(9(2)14-8)17-10-4-6-16(3)7-5-10/h10H,4-7H2,1-3H3. The summed E-state index contributed by atoms with van der Waals surface area (Å²) in [5.74, 6) is 0.579. The maximum Gasteiger partial charge on any atom is 0.237 e. The van der Waals surface area contributed by atoms with Crippen molar-refractivity contribution in [1.82, 2.24) is 14.9 Å². The van der Waals surface area contributed by atoms with Gasteiger partial charge in [-0.3, -0.25) is 0 Å². The maximum atomic E-state index is 5.96. The van der Waals surface area contributed by atoms with Crippen LogP contribution >= 0.6 is 11.6 Å². The highest BCUT2D eigenvalue weighted by Crippen LogP contribution is 2.22. The largest absolute Gasteiger partial charge is 0.473 e. The summed E-state index contributed by atoms with van der Waals surface area (Å²) in [6, 6.07) is 0. The number of piperidine rings is 1. The van der Waals surface area contributed by atoms with Gasteiger partial charge in [-0.1, -0.05) is 11.6 Å². The van der Waals surface area contributed by atoms with Crippen LogP contribution in [-0.4, -0.2) is 41.1 Å². The molecule has 0 spiro atoms. The summed E-state index contributed by atoms with van der Waals surface area (Å²) in [6.07, 6.45) is 2.30. The molecule has 0 aliphatic carbocycles. The van der Waals surface area contributed by atoms with E-state index in [1.165, 1.54) is 0 Å². The Morgan fingerprint density at radius 2 is 1.82 bits per heavy atom. The molecule has 1 aliphatic rings. The van der Waals surface area contributed by atoms with E-state index in [4.69, 9.17) is 16.3 Å². The average molecular weight is 256 g/mol. The first-order chi connectivity index (χ1) is 8.06. The molecule has 1 aromatic rings. The number of likely N-dealkylation sites (tertiary alicyclic amines) is 1. The normalized spacial score (nSPS) is 18.4. The minimum atomic E-state index is 0.234. The third-order valence-corrected chi connectivity index (χ3v) is 3.45. The first-order valence-electron chi connectivity index (χ1n) is 5.92. The fourth-order valence-electron chi connectivity index (χ4n) is 1.97. The molecule has 17 heavy (non-hydrogen) atoms. The van der Waals surface area contributed by atoms with Crippen LogP contribution in [0.5, 0.6) is 5.88 Å². The van der Waals surface area contributed by atoms with E-state index < -0.39 is 0 Å². The summed E-state index contributed by atoms with van der Waals surface area (Å²) < 4.78 is 5.89. The Morgan fingerprint density at radius 1 is 1.18 bits per heavy atom. The molecule has 1 fully saturated rings. The second-order valence-corrected chi connectivity index (χ2v) is 4.97. The first kappa shape index (κ1) is 12.6. The Bertz CT molecular complexity index is 403. The predicted molar refractivity (Wildman–Crippen MR) is 67.7 cm³/mol. The van der Waals surface area contributed by atoms with E-state index in [9.17, 15) is 0 Å². The maximum absolute atomic E-state index is 5.96. The molecule has 1 aromatic heterocycles. The van der Waals surface area contributed by atoms with Crippen molar-refractivity contribution in [2.75, 3.05) is 20.1 Å². The molecule has 0 bridgehead atoms. The molecular weight excluding hydrogens is 238 g/mol. The van der Waals surface area contributed by atoms with Gasteiger partial charge in [-0.25, -0.2) is 4.98 Å². The van der Waals surface area contributed by atoms with Crippen LogP contribution in [0.15, 0.2) is 0 Å². The smallest absolute Gasteiger partial charge is 0.237 e. The Kier molecular flexibility index (Phi) is 3.84. The second-order valence-electron chi connectivity index (χ2n) is 4.61. The third-order valence-electron chi connectivity index (χ3n) is 3.09. The van der Waals surface area contributed by atoms with Crippen LogP contribution in [0.2, 0.25) is 5.15 Å². The van der Waals surface area contributed by atoms with E-state index in [1.807, 2.05) is 13.8 Å². The van der Waals surface area contributed by atoms with Crippen molar-refractivity contribution in [3.8, 4) is 5.88 Å². The molecule has 0 aromatic carbocycles. The minimum Gasteiger partial charge on any atom is -0.473 e. The summed E-state index contributed by atoms with van der Waals surface area (Å²) in [5, 5.41) is 0.429. The van der Waals surface area contributed by atoms with Gasteiger partial charge in [-0.05, 0) is 33.7 Å². The van der Waals surface area contributed by atoms with Crippen LogP contribution < -0.4 is 4.74 Å². The number of ether oxygens (including phenoxy) is 1. The van der Waals surface area contributed by atoms with E-state index >= 15 is 0 Å². The number of hydrogen-bond acceptors (Lipinski definition) is 4. The Balaban J connectivity index is 2.06. The molecule has 5 heteroatoms. The molecule has 0 atom stereocenters. The number of aryl methyl sites for hydroxylation is 2. The van der Waals surface area contributed by atoms with Crippen LogP contribution in [0.1, 0.15) is 24.2 Å². The predicted octanol–water partition coefficient (Wildman–Crippen LogP) is 2.22. The van der Waals surface area contributed by atoms with Gasteiger partial charge in [0.15, 0.2) is 5.15 Å². The van der Waals surface area contributed by atoms with Crippen LogP contribution in [-0.2, 0) is 0 Å². The van der Waals surface area contributed by atoms with Crippen molar-refractivity contribution >= 4 is 11.6 Å². The number of halogens is 1. The van der Waals surface area contributed by atoms with Gasteiger partial charge in [0.25, 0.3) is 0 Å². The molecule has 0 N–H and O–H groups in total. The number of rotatable bonds is 2. The summed E-state index contributed by atoms with van der Waals surface area (Å²) in [7, 11) is 2.13. The monoisotopic (exact) mass is 255 g/mol. The lowest BCUT2D eigenvalue weighted by atomic mass is 10.1. The van der Waals surface area contributed by atoms with Gasteiger partial charge >= 0.3 is 0 Å². The summed E-state index contributed by atoms with van der Waals surface area (Å²) in [5.41, 5.74) is 1.56. The zero-order valence-corrected chi connectivity index (χ0v) is 11.3. The van der Waals surface area contributed by atoms with Gasteiger partial charge in [0.2, 0.25) is 5.88 Å². The van der Waals surface area contributed by atoms with E-state index in [0.29, 0.717) is 11.0 Å². The zero-order chi connectivity index (χ0) is 12.4. The summed E-state index contributed by atoms with van der Waals surface area (Å²) >= 11 is 5.96. The fraction of sp³-hybridized carbons (Fsp3) is 0.667. The molecular formula is C12H18ClN3O. The lowest BCUT2D eigenvalue weighted by Gasteiger charge is -2.29. The summed E-state index contributed by atoms with van der Waals surface area (Å²) in [4.78, 5) is 10.9. The molecule has 0 radical (unpaired) electrons. The topological polar surface area (TPSA) is 38.2 Å². The van der Waals surface area contributed by atoms with E-state index in [1.54, 1.807) is 0 Å². The van der Waals surface area contributed by atoms with Gasteiger partial charge in [-0.15, -0.1) is 0 Å². The van der Waals surface area contributed by atoms with Crippen LogP contribution in [0.4, 0.5) is 0 Å². The highest BCUT2D eigenvalue weighted by Gasteiger charge is 2.20. The molecule has 0 amide bonds.